The Morgan fingerprint density at radius 2 is 2.10 bits per heavy atom. The lowest BCUT2D eigenvalue weighted by atomic mass is 10.1. The molecule has 2 unspecified atom stereocenters. The molecule has 1 fully saturated rings. The van der Waals surface area contributed by atoms with Gasteiger partial charge in [-0.3, -0.25) is 0 Å². The summed E-state index contributed by atoms with van der Waals surface area (Å²) in [5, 5.41) is 17.7. The zero-order chi connectivity index (χ0) is 14.1. The van der Waals surface area contributed by atoms with Crippen molar-refractivity contribution < 1.29 is 9.63 Å². The highest BCUT2D eigenvalue weighted by molar-refractivity contribution is 6.36. The average molecular weight is 314 g/mol. The van der Waals surface area contributed by atoms with Gasteiger partial charge in [-0.05, 0) is 24.1 Å². The lowest BCUT2D eigenvalue weighted by Crippen LogP contribution is -2.15. The fourth-order valence-corrected chi connectivity index (χ4v) is 2.78. The number of benzene rings is 1. The molecule has 3 rings (SSSR count). The van der Waals surface area contributed by atoms with Gasteiger partial charge in [0.25, 0.3) is 0 Å². The first-order valence-corrected chi connectivity index (χ1v) is 7.06. The highest BCUT2D eigenvalue weighted by Gasteiger charge is 2.28. The van der Waals surface area contributed by atoms with Gasteiger partial charge in [0.1, 0.15) is 0 Å². The van der Waals surface area contributed by atoms with Crippen LogP contribution in [0.3, 0.4) is 0 Å². The van der Waals surface area contributed by atoms with E-state index in [1.165, 1.54) is 0 Å². The number of nitrogens with one attached hydrogen (secondary N) is 1. The normalized spacial score (nSPS) is 22.4. The van der Waals surface area contributed by atoms with Gasteiger partial charge in [-0.15, -0.1) is 0 Å². The Morgan fingerprint density at radius 1 is 1.35 bits per heavy atom. The first-order valence-electron chi connectivity index (χ1n) is 6.30. The molecule has 1 aliphatic heterocycles. The topological polar surface area (TPSA) is 71.2 Å². The minimum absolute atomic E-state index is 0.0898. The molecule has 1 aromatic heterocycles. The number of aliphatic hydroxyl groups is 1. The van der Waals surface area contributed by atoms with Crippen molar-refractivity contribution in [2.24, 2.45) is 0 Å². The Hall–Kier alpha value is -1.14. The van der Waals surface area contributed by atoms with E-state index in [0.717, 1.165) is 5.56 Å². The summed E-state index contributed by atoms with van der Waals surface area (Å²) in [5.74, 6) is 1.01. The van der Waals surface area contributed by atoms with Crippen molar-refractivity contribution in [2.45, 2.75) is 25.0 Å². The van der Waals surface area contributed by atoms with Gasteiger partial charge in [0.05, 0.1) is 12.1 Å². The SMILES string of the molecule is OC1CNC(c2nc(Cc3c(Cl)cccc3Cl)no2)C1. The first kappa shape index (κ1) is 13.8. The van der Waals surface area contributed by atoms with Crippen molar-refractivity contribution in [3.63, 3.8) is 0 Å². The van der Waals surface area contributed by atoms with Crippen molar-refractivity contribution >= 4 is 23.2 Å². The Balaban J connectivity index is 1.77. The minimum Gasteiger partial charge on any atom is -0.392 e. The van der Waals surface area contributed by atoms with Crippen molar-refractivity contribution in [1.29, 1.82) is 0 Å². The number of nitrogens with zero attached hydrogens (tertiary/aromatic N) is 2. The molecule has 0 radical (unpaired) electrons. The van der Waals surface area contributed by atoms with Crippen LogP contribution >= 0.6 is 23.2 Å². The lowest BCUT2D eigenvalue weighted by Gasteiger charge is -2.03. The second-order valence-corrected chi connectivity index (χ2v) is 5.59. The smallest absolute Gasteiger partial charge is 0.243 e. The van der Waals surface area contributed by atoms with E-state index in [2.05, 4.69) is 15.5 Å². The van der Waals surface area contributed by atoms with Gasteiger partial charge in [0, 0.05) is 23.0 Å². The summed E-state index contributed by atoms with van der Waals surface area (Å²) in [7, 11) is 0. The molecule has 106 valence electrons. The van der Waals surface area contributed by atoms with Gasteiger partial charge in [0.2, 0.25) is 5.89 Å². The molecule has 2 heterocycles. The summed E-state index contributed by atoms with van der Waals surface area (Å²) < 4.78 is 5.23. The van der Waals surface area contributed by atoms with Gasteiger partial charge < -0.3 is 14.9 Å². The van der Waals surface area contributed by atoms with E-state index in [4.69, 9.17) is 27.7 Å². The highest BCUT2D eigenvalue weighted by atomic mass is 35.5. The molecule has 0 aliphatic carbocycles. The molecule has 5 nitrogen and oxygen atoms in total. The predicted molar refractivity (Wildman–Crippen MR) is 74.9 cm³/mol. The Morgan fingerprint density at radius 3 is 2.75 bits per heavy atom. The Labute approximate surface area is 125 Å². The number of aromatic nitrogens is 2. The summed E-state index contributed by atoms with van der Waals surface area (Å²) in [6, 6.07) is 5.25. The van der Waals surface area contributed by atoms with E-state index in [9.17, 15) is 5.11 Å². The number of hydrogen-bond donors (Lipinski definition) is 2. The third-order valence-corrected chi connectivity index (χ3v) is 3.99. The fourth-order valence-electron chi connectivity index (χ4n) is 2.25. The van der Waals surface area contributed by atoms with Gasteiger partial charge in [-0.2, -0.15) is 4.98 Å². The predicted octanol–water partition coefficient (Wildman–Crippen LogP) is 2.36. The molecular weight excluding hydrogens is 301 g/mol. The first-order chi connectivity index (χ1) is 9.63. The van der Waals surface area contributed by atoms with Crippen LogP contribution in [-0.2, 0) is 6.42 Å². The van der Waals surface area contributed by atoms with Gasteiger partial charge >= 0.3 is 0 Å². The van der Waals surface area contributed by atoms with Crippen molar-refractivity contribution in [1.82, 2.24) is 15.5 Å². The molecule has 0 spiro atoms. The molecule has 1 aromatic carbocycles. The van der Waals surface area contributed by atoms with Crippen LogP contribution in [0.25, 0.3) is 0 Å². The average Bonchev–Trinajstić information content (AvgIpc) is 3.03. The van der Waals surface area contributed by atoms with Gasteiger partial charge in [-0.1, -0.05) is 34.4 Å². The van der Waals surface area contributed by atoms with Crippen LogP contribution in [0.5, 0.6) is 0 Å². The quantitative estimate of drug-likeness (QED) is 0.910. The van der Waals surface area contributed by atoms with Crippen LogP contribution in [0, 0.1) is 0 Å². The van der Waals surface area contributed by atoms with Crippen LogP contribution < -0.4 is 5.32 Å². The number of halogens is 2. The molecule has 0 bridgehead atoms. The number of hydrogen-bond acceptors (Lipinski definition) is 5. The molecular formula is C13H13Cl2N3O2. The van der Waals surface area contributed by atoms with E-state index in [1.54, 1.807) is 18.2 Å². The van der Waals surface area contributed by atoms with Crippen molar-refractivity contribution in [3.8, 4) is 0 Å². The standard InChI is InChI=1S/C13H13Cl2N3O2/c14-9-2-1-3-10(15)8(9)5-12-17-13(20-18-12)11-4-7(19)6-16-11/h1-3,7,11,16,19H,4-6H2. The van der Waals surface area contributed by atoms with E-state index < -0.39 is 0 Å². The second kappa shape index (κ2) is 5.69. The molecule has 2 atom stereocenters. The van der Waals surface area contributed by atoms with Gasteiger partial charge in [-0.25, -0.2) is 0 Å². The maximum Gasteiger partial charge on any atom is 0.243 e. The zero-order valence-electron chi connectivity index (χ0n) is 10.5. The molecule has 7 heteroatoms. The van der Waals surface area contributed by atoms with Crippen LogP contribution in [0.1, 0.15) is 29.7 Å². The fraction of sp³-hybridized carbons (Fsp3) is 0.385. The second-order valence-electron chi connectivity index (χ2n) is 4.78. The minimum atomic E-state index is -0.367. The maximum absolute atomic E-state index is 9.49. The van der Waals surface area contributed by atoms with E-state index >= 15 is 0 Å². The molecule has 20 heavy (non-hydrogen) atoms. The number of β-amino-alcohol motifs (C(OH)–C–C–N with tert-alkyl or cyclic N) is 1. The molecule has 2 aromatic rings. The highest BCUT2D eigenvalue weighted by Crippen LogP contribution is 2.27. The molecule has 1 aliphatic rings. The van der Waals surface area contributed by atoms with Gasteiger partial charge in [0.15, 0.2) is 5.82 Å². The molecule has 0 saturated carbocycles. The molecule has 0 amide bonds. The number of rotatable bonds is 3. The Bertz CT molecular complexity index is 597. The summed E-state index contributed by atoms with van der Waals surface area (Å²) in [6.07, 6.45) is 0.625. The largest absolute Gasteiger partial charge is 0.392 e. The van der Waals surface area contributed by atoms with Crippen LogP contribution in [-0.4, -0.2) is 27.9 Å². The van der Waals surface area contributed by atoms with E-state index in [0.29, 0.717) is 41.1 Å². The maximum atomic E-state index is 9.49. The van der Waals surface area contributed by atoms with E-state index in [1.807, 2.05) is 0 Å². The van der Waals surface area contributed by atoms with Crippen LogP contribution in [0.4, 0.5) is 0 Å². The summed E-state index contributed by atoms with van der Waals surface area (Å²) >= 11 is 12.2. The summed E-state index contributed by atoms with van der Waals surface area (Å²) in [6.45, 7) is 0.540. The third kappa shape index (κ3) is 2.81. The zero-order valence-corrected chi connectivity index (χ0v) is 12.0. The summed E-state index contributed by atoms with van der Waals surface area (Å²) in [4.78, 5) is 4.34. The van der Waals surface area contributed by atoms with E-state index in [-0.39, 0.29) is 12.1 Å². The Kier molecular flexibility index (Phi) is 3.94. The molecule has 1 saturated heterocycles. The van der Waals surface area contributed by atoms with Crippen LogP contribution in [0.15, 0.2) is 22.7 Å². The van der Waals surface area contributed by atoms with Crippen molar-refractivity contribution in [3.05, 3.63) is 45.5 Å². The number of aliphatic hydroxyl groups excluding tert-OH is 1. The molecule has 2 N–H and O–H groups in total. The third-order valence-electron chi connectivity index (χ3n) is 3.29. The van der Waals surface area contributed by atoms with Crippen molar-refractivity contribution in [2.75, 3.05) is 6.54 Å². The lowest BCUT2D eigenvalue weighted by molar-refractivity contribution is 0.191. The monoisotopic (exact) mass is 313 g/mol. The summed E-state index contributed by atoms with van der Waals surface area (Å²) in [5.41, 5.74) is 0.780. The van der Waals surface area contributed by atoms with Crippen LogP contribution in [0.2, 0.25) is 10.0 Å².